The summed E-state index contributed by atoms with van der Waals surface area (Å²) in [4.78, 5) is 14.7. The van der Waals surface area contributed by atoms with Crippen molar-refractivity contribution in [2.45, 2.75) is 50.1 Å². The van der Waals surface area contributed by atoms with Crippen LogP contribution in [0.1, 0.15) is 48.4 Å². The van der Waals surface area contributed by atoms with Crippen molar-refractivity contribution in [1.29, 1.82) is 0 Å². The SMILES string of the molecule is C[C@H](C(=O)Nc1cc2n(n1)CC[C@@H]2c1cc(F)cc(F)c1)N1CCC(F)(F)[C@@H](c2cc[n+](O)cc2)C1. The van der Waals surface area contributed by atoms with Gasteiger partial charge in [0, 0.05) is 66.7 Å². The molecule has 0 saturated carbocycles. The second kappa shape index (κ2) is 9.20. The Balaban J connectivity index is 1.28. The number of hydrogen-bond donors (Lipinski definition) is 2. The van der Waals surface area contributed by atoms with E-state index in [1.807, 2.05) is 0 Å². The van der Waals surface area contributed by atoms with Gasteiger partial charge in [-0.25, -0.2) is 17.6 Å². The van der Waals surface area contributed by atoms with E-state index < -0.39 is 35.9 Å². The summed E-state index contributed by atoms with van der Waals surface area (Å²) in [7, 11) is 0. The summed E-state index contributed by atoms with van der Waals surface area (Å²) in [5.41, 5.74) is 1.63. The number of hydrogen-bond acceptors (Lipinski definition) is 4. The summed E-state index contributed by atoms with van der Waals surface area (Å²) in [6.07, 6.45) is 2.83. The minimum absolute atomic E-state index is 0.0239. The second-order valence-electron chi connectivity index (χ2n) is 9.46. The van der Waals surface area contributed by atoms with E-state index in [9.17, 15) is 27.6 Å². The van der Waals surface area contributed by atoms with Crippen molar-refractivity contribution in [3.05, 3.63) is 77.2 Å². The zero-order chi connectivity index (χ0) is 25.6. The zero-order valence-electron chi connectivity index (χ0n) is 19.5. The van der Waals surface area contributed by atoms with Gasteiger partial charge in [-0.15, -0.1) is 0 Å². The van der Waals surface area contributed by atoms with E-state index in [4.69, 9.17) is 0 Å². The number of aromatic nitrogens is 3. The van der Waals surface area contributed by atoms with Crippen LogP contribution in [0.3, 0.4) is 0 Å². The number of amides is 1. The molecule has 2 aliphatic heterocycles. The van der Waals surface area contributed by atoms with E-state index in [1.54, 1.807) is 22.6 Å². The molecule has 0 bridgehead atoms. The van der Waals surface area contributed by atoms with Gasteiger partial charge in [0.15, 0.2) is 5.82 Å². The van der Waals surface area contributed by atoms with Crippen molar-refractivity contribution >= 4 is 11.7 Å². The van der Waals surface area contributed by atoms with Gasteiger partial charge in [0.25, 0.3) is 5.92 Å². The normalized spacial score (nSPS) is 22.2. The smallest absolute Gasteiger partial charge is 0.257 e. The van der Waals surface area contributed by atoms with E-state index in [1.165, 1.54) is 36.7 Å². The van der Waals surface area contributed by atoms with Gasteiger partial charge in [-0.1, -0.05) is 0 Å². The molecule has 0 aliphatic carbocycles. The fourth-order valence-electron chi connectivity index (χ4n) is 5.15. The molecule has 0 spiro atoms. The average molecular weight is 505 g/mol. The minimum Gasteiger partial charge on any atom is -0.308 e. The number of alkyl halides is 2. The topological polar surface area (TPSA) is 74.3 Å². The molecule has 1 fully saturated rings. The number of nitrogens with zero attached hydrogens (tertiary/aromatic N) is 4. The van der Waals surface area contributed by atoms with E-state index in [0.717, 1.165) is 16.5 Å². The highest BCUT2D eigenvalue weighted by Gasteiger charge is 2.46. The first-order valence-corrected chi connectivity index (χ1v) is 11.8. The molecule has 11 heteroatoms. The van der Waals surface area contributed by atoms with Crippen LogP contribution in [-0.2, 0) is 11.3 Å². The van der Waals surface area contributed by atoms with Crippen LogP contribution < -0.4 is 10.0 Å². The first-order valence-electron chi connectivity index (χ1n) is 11.8. The van der Waals surface area contributed by atoms with E-state index in [-0.39, 0.29) is 24.9 Å². The van der Waals surface area contributed by atoms with Crippen LogP contribution in [0, 0.1) is 11.6 Å². The lowest BCUT2D eigenvalue weighted by atomic mass is 9.87. The number of halogens is 4. The van der Waals surface area contributed by atoms with Crippen LogP contribution in [0.2, 0.25) is 0 Å². The van der Waals surface area contributed by atoms with Crippen LogP contribution in [0.15, 0.2) is 48.8 Å². The number of carbonyl (C=O) groups is 1. The van der Waals surface area contributed by atoms with Crippen molar-refractivity contribution < 1.29 is 32.3 Å². The quantitative estimate of drug-likeness (QED) is 0.316. The number of pyridine rings is 1. The predicted octanol–water partition coefficient (Wildman–Crippen LogP) is 3.67. The molecule has 1 aromatic carbocycles. The molecule has 1 saturated heterocycles. The van der Waals surface area contributed by atoms with Crippen LogP contribution in [0.5, 0.6) is 0 Å². The van der Waals surface area contributed by atoms with Gasteiger partial charge in [-0.05, 0) is 36.6 Å². The number of fused-ring (bicyclic) bond motifs is 1. The molecule has 4 heterocycles. The maximum atomic E-state index is 14.7. The Morgan fingerprint density at radius 3 is 2.53 bits per heavy atom. The lowest BCUT2D eigenvalue weighted by molar-refractivity contribution is -0.904. The number of piperidine rings is 1. The highest BCUT2D eigenvalue weighted by atomic mass is 19.3. The summed E-state index contributed by atoms with van der Waals surface area (Å²) >= 11 is 0. The van der Waals surface area contributed by atoms with Gasteiger partial charge in [-0.2, -0.15) is 5.10 Å². The Hall–Kier alpha value is -3.47. The zero-order valence-corrected chi connectivity index (χ0v) is 19.5. The molecule has 7 nitrogen and oxygen atoms in total. The Bertz CT molecular complexity index is 1260. The Morgan fingerprint density at radius 2 is 1.83 bits per heavy atom. The van der Waals surface area contributed by atoms with Gasteiger partial charge in [0.05, 0.1) is 12.0 Å². The largest absolute Gasteiger partial charge is 0.308 e. The third-order valence-electron chi connectivity index (χ3n) is 7.16. The maximum absolute atomic E-state index is 14.7. The van der Waals surface area contributed by atoms with Crippen molar-refractivity contribution in [1.82, 2.24) is 14.7 Å². The van der Waals surface area contributed by atoms with E-state index in [0.29, 0.717) is 29.9 Å². The van der Waals surface area contributed by atoms with Gasteiger partial charge in [0.2, 0.25) is 18.3 Å². The monoisotopic (exact) mass is 504 g/mol. The van der Waals surface area contributed by atoms with E-state index in [2.05, 4.69) is 10.4 Å². The molecular formula is C25H26F4N5O2+. The maximum Gasteiger partial charge on any atom is 0.257 e. The fourth-order valence-corrected chi connectivity index (χ4v) is 5.15. The van der Waals surface area contributed by atoms with Crippen LogP contribution in [0.4, 0.5) is 23.4 Å². The van der Waals surface area contributed by atoms with Gasteiger partial charge >= 0.3 is 0 Å². The number of anilines is 1. The molecular weight excluding hydrogens is 478 g/mol. The van der Waals surface area contributed by atoms with Gasteiger partial charge < -0.3 is 5.32 Å². The summed E-state index contributed by atoms with van der Waals surface area (Å²) in [6, 6.07) is 7.30. The van der Waals surface area contributed by atoms with Crippen molar-refractivity contribution in [3.8, 4) is 0 Å². The number of carbonyl (C=O) groups excluding carboxylic acids is 1. The number of nitrogens with one attached hydrogen (secondary N) is 1. The summed E-state index contributed by atoms with van der Waals surface area (Å²) < 4.78 is 59.3. The molecule has 3 atom stereocenters. The van der Waals surface area contributed by atoms with Crippen molar-refractivity contribution in [3.63, 3.8) is 0 Å². The molecule has 2 aromatic heterocycles. The molecule has 190 valence electrons. The summed E-state index contributed by atoms with van der Waals surface area (Å²) in [5, 5.41) is 16.6. The average Bonchev–Trinajstić information content (AvgIpc) is 3.39. The molecule has 36 heavy (non-hydrogen) atoms. The Labute approximate surface area is 204 Å². The summed E-state index contributed by atoms with van der Waals surface area (Å²) in [5.74, 6) is -5.69. The highest BCUT2D eigenvalue weighted by molar-refractivity contribution is 5.93. The minimum atomic E-state index is -2.94. The lowest BCUT2D eigenvalue weighted by Crippen LogP contribution is -2.52. The molecule has 3 aromatic rings. The number of benzene rings is 1. The number of rotatable bonds is 5. The number of likely N-dealkylation sites (tertiary alicyclic amines) is 1. The third-order valence-corrected chi connectivity index (χ3v) is 7.16. The molecule has 2 N–H and O–H groups in total. The van der Waals surface area contributed by atoms with Crippen molar-refractivity contribution in [2.24, 2.45) is 0 Å². The molecule has 0 unspecified atom stereocenters. The Morgan fingerprint density at radius 1 is 1.14 bits per heavy atom. The first-order chi connectivity index (χ1) is 17.1. The highest BCUT2D eigenvalue weighted by Crippen LogP contribution is 2.41. The first kappa shape index (κ1) is 24.2. The molecule has 1 amide bonds. The molecule has 5 rings (SSSR count). The standard InChI is InChI=1S/C25H25F4N5O2/c1-15(32-9-5-25(28,29)21(14-32)16-2-6-33(36)7-3-16)24(35)30-23-13-22-20(4-8-34(22)31-23)17-10-18(26)12-19(27)11-17/h2-3,6-7,10-13,15,20-21H,4-5,8-9,14H2,1H3,(H-,30,31,35,36)/p+1/t15-,20-,21-/m1/s1. The molecule has 2 aliphatic rings. The van der Waals surface area contributed by atoms with Crippen LogP contribution in [0.25, 0.3) is 0 Å². The Kier molecular flexibility index (Phi) is 6.19. The van der Waals surface area contributed by atoms with Crippen LogP contribution >= 0.6 is 0 Å². The third kappa shape index (κ3) is 4.67. The number of aryl methyl sites for hydroxylation is 1. The molecule has 0 radical (unpaired) electrons. The predicted molar refractivity (Wildman–Crippen MR) is 121 cm³/mol. The summed E-state index contributed by atoms with van der Waals surface area (Å²) in [6.45, 7) is 2.23. The van der Waals surface area contributed by atoms with E-state index >= 15 is 0 Å². The van der Waals surface area contributed by atoms with Gasteiger partial charge in [0.1, 0.15) is 11.6 Å². The van der Waals surface area contributed by atoms with Gasteiger partial charge in [-0.3, -0.25) is 19.6 Å². The van der Waals surface area contributed by atoms with Crippen molar-refractivity contribution in [2.75, 3.05) is 18.4 Å². The van der Waals surface area contributed by atoms with Crippen LogP contribution in [-0.4, -0.2) is 50.8 Å². The second-order valence-corrected chi connectivity index (χ2v) is 9.46. The lowest BCUT2D eigenvalue weighted by Gasteiger charge is -2.40. The fraction of sp³-hybridized carbons (Fsp3) is 0.400.